The zero-order valence-electron chi connectivity index (χ0n) is 15.9. The molecule has 1 aromatic carbocycles. The number of ether oxygens (including phenoxy) is 1. The minimum atomic E-state index is 0.129. The van der Waals surface area contributed by atoms with Crippen LogP contribution in [-0.4, -0.2) is 59.2 Å². The predicted molar refractivity (Wildman–Crippen MR) is 103 cm³/mol. The van der Waals surface area contributed by atoms with E-state index < -0.39 is 0 Å². The van der Waals surface area contributed by atoms with Gasteiger partial charge < -0.3 is 14.6 Å². The quantitative estimate of drug-likeness (QED) is 0.786. The van der Waals surface area contributed by atoms with Crippen molar-refractivity contribution < 1.29 is 9.53 Å². The van der Waals surface area contributed by atoms with Gasteiger partial charge >= 0.3 is 0 Å². The summed E-state index contributed by atoms with van der Waals surface area (Å²) in [5.41, 5.74) is 2.19. The highest BCUT2D eigenvalue weighted by atomic mass is 16.5. The molecule has 1 aliphatic heterocycles. The molecule has 0 spiro atoms. The summed E-state index contributed by atoms with van der Waals surface area (Å²) in [6, 6.07) is 8.61. The van der Waals surface area contributed by atoms with Gasteiger partial charge in [0, 0.05) is 45.1 Å². The van der Waals surface area contributed by atoms with Gasteiger partial charge in [-0.3, -0.25) is 9.69 Å². The molecule has 0 saturated carbocycles. The first-order valence-corrected chi connectivity index (χ1v) is 9.71. The minimum absolute atomic E-state index is 0.129. The molecule has 26 heavy (non-hydrogen) atoms. The molecule has 2 heterocycles. The Bertz CT molecular complexity index is 722. The summed E-state index contributed by atoms with van der Waals surface area (Å²) in [6.45, 7) is 9.39. The summed E-state index contributed by atoms with van der Waals surface area (Å²) in [7, 11) is 0. The summed E-state index contributed by atoms with van der Waals surface area (Å²) < 4.78 is 7.61. The molecule has 1 amide bonds. The second-order valence-corrected chi connectivity index (χ2v) is 6.90. The summed E-state index contributed by atoms with van der Waals surface area (Å²) in [5, 5.41) is 3.05. The standard InChI is InChI=1S/C20H30N4O2/c1-3-24-18-7-5-4-6-17(18)22-19(24)10-11-21-20(25)9-8-16(2)23-12-14-26-15-13-23/h4-7,16H,3,8-15H2,1-2H3,(H,21,25)/t16-/m0/s1. The maximum atomic E-state index is 12.2. The van der Waals surface area contributed by atoms with E-state index in [4.69, 9.17) is 9.72 Å². The number of morpholine rings is 1. The number of hydrogen-bond donors (Lipinski definition) is 1. The third-order valence-electron chi connectivity index (χ3n) is 5.18. The molecule has 0 aliphatic carbocycles. The topological polar surface area (TPSA) is 59.4 Å². The largest absolute Gasteiger partial charge is 0.379 e. The van der Waals surface area contributed by atoms with Crippen LogP contribution in [0, 0.1) is 0 Å². The maximum Gasteiger partial charge on any atom is 0.220 e. The monoisotopic (exact) mass is 358 g/mol. The fourth-order valence-corrected chi connectivity index (χ4v) is 3.61. The van der Waals surface area contributed by atoms with Gasteiger partial charge in [-0.25, -0.2) is 4.98 Å². The number of hydrogen-bond acceptors (Lipinski definition) is 4. The van der Waals surface area contributed by atoms with Crippen molar-refractivity contribution >= 4 is 16.9 Å². The van der Waals surface area contributed by atoms with Gasteiger partial charge in [-0.15, -0.1) is 0 Å². The lowest BCUT2D eigenvalue weighted by atomic mass is 10.1. The molecule has 2 aromatic rings. The average Bonchev–Trinajstić information content (AvgIpc) is 3.04. The molecule has 6 heteroatoms. The van der Waals surface area contributed by atoms with Crippen molar-refractivity contribution in [2.75, 3.05) is 32.8 Å². The molecule has 3 rings (SSSR count). The Balaban J connectivity index is 1.43. The molecule has 1 fully saturated rings. The van der Waals surface area contributed by atoms with Crippen molar-refractivity contribution in [3.05, 3.63) is 30.1 Å². The second-order valence-electron chi connectivity index (χ2n) is 6.90. The first-order valence-electron chi connectivity index (χ1n) is 9.71. The van der Waals surface area contributed by atoms with E-state index in [1.54, 1.807) is 0 Å². The molecule has 1 aliphatic rings. The van der Waals surface area contributed by atoms with Gasteiger partial charge in [0.15, 0.2) is 0 Å². The summed E-state index contributed by atoms with van der Waals surface area (Å²) in [5.74, 6) is 1.17. The molecule has 0 radical (unpaired) electrons. The highest BCUT2D eigenvalue weighted by Crippen LogP contribution is 2.16. The highest BCUT2D eigenvalue weighted by Gasteiger charge is 2.17. The zero-order chi connectivity index (χ0) is 18.4. The fraction of sp³-hybridized carbons (Fsp3) is 0.600. The number of imidazole rings is 1. The lowest BCUT2D eigenvalue weighted by molar-refractivity contribution is -0.121. The molecule has 1 aromatic heterocycles. The molecular formula is C20H30N4O2. The van der Waals surface area contributed by atoms with Crippen LogP contribution >= 0.6 is 0 Å². The van der Waals surface area contributed by atoms with Gasteiger partial charge in [-0.1, -0.05) is 12.1 Å². The third-order valence-corrected chi connectivity index (χ3v) is 5.18. The van der Waals surface area contributed by atoms with Crippen LogP contribution < -0.4 is 5.32 Å². The normalized spacial score (nSPS) is 16.7. The maximum absolute atomic E-state index is 12.2. The number of rotatable bonds is 8. The Morgan fingerprint density at radius 2 is 2.08 bits per heavy atom. The smallest absolute Gasteiger partial charge is 0.220 e. The van der Waals surface area contributed by atoms with Crippen LogP contribution in [0.5, 0.6) is 0 Å². The minimum Gasteiger partial charge on any atom is -0.379 e. The van der Waals surface area contributed by atoms with Crippen LogP contribution in [0.3, 0.4) is 0 Å². The Kier molecular flexibility index (Phi) is 6.63. The van der Waals surface area contributed by atoms with Gasteiger partial charge in [0.1, 0.15) is 5.82 Å². The first-order chi connectivity index (χ1) is 12.7. The van der Waals surface area contributed by atoms with Crippen molar-refractivity contribution in [2.24, 2.45) is 0 Å². The average molecular weight is 358 g/mol. The van der Waals surface area contributed by atoms with E-state index in [0.29, 0.717) is 19.0 Å². The number of carbonyl (C=O) groups excluding carboxylic acids is 1. The number of nitrogens with one attached hydrogen (secondary N) is 1. The van der Waals surface area contributed by atoms with E-state index in [1.807, 2.05) is 18.2 Å². The number of benzene rings is 1. The lowest BCUT2D eigenvalue weighted by Crippen LogP contribution is -2.42. The third kappa shape index (κ3) is 4.62. The van der Waals surface area contributed by atoms with E-state index in [-0.39, 0.29) is 5.91 Å². The number of fused-ring (bicyclic) bond motifs is 1. The van der Waals surface area contributed by atoms with Crippen LogP contribution in [0.25, 0.3) is 11.0 Å². The number of carbonyl (C=O) groups is 1. The number of nitrogens with zero attached hydrogens (tertiary/aromatic N) is 3. The Labute approximate surface area is 155 Å². The van der Waals surface area contributed by atoms with Crippen LogP contribution in [0.4, 0.5) is 0 Å². The molecular weight excluding hydrogens is 328 g/mol. The molecule has 1 N–H and O–H groups in total. The Morgan fingerprint density at radius 1 is 1.31 bits per heavy atom. The first kappa shape index (κ1) is 18.9. The van der Waals surface area contributed by atoms with Crippen molar-refractivity contribution in [2.45, 2.75) is 45.7 Å². The van der Waals surface area contributed by atoms with Gasteiger partial charge in [0.25, 0.3) is 0 Å². The highest BCUT2D eigenvalue weighted by molar-refractivity contribution is 5.76. The molecule has 1 atom stereocenters. The number of amides is 1. The van der Waals surface area contributed by atoms with E-state index in [2.05, 4.69) is 34.7 Å². The zero-order valence-corrected chi connectivity index (χ0v) is 15.9. The SMILES string of the molecule is CCn1c(CCNC(=O)CC[C@H](C)N2CCOCC2)nc2ccccc21. The number of aromatic nitrogens is 2. The number of aryl methyl sites for hydroxylation is 1. The Morgan fingerprint density at radius 3 is 2.85 bits per heavy atom. The van der Waals surface area contributed by atoms with E-state index in [0.717, 1.165) is 62.5 Å². The summed E-state index contributed by atoms with van der Waals surface area (Å²) in [4.78, 5) is 19.3. The van der Waals surface area contributed by atoms with Crippen molar-refractivity contribution in [3.8, 4) is 0 Å². The number of para-hydroxylation sites is 2. The second kappa shape index (κ2) is 9.14. The van der Waals surface area contributed by atoms with Gasteiger partial charge in [0.05, 0.1) is 24.2 Å². The lowest BCUT2D eigenvalue weighted by Gasteiger charge is -2.32. The van der Waals surface area contributed by atoms with E-state index in [9.17, 15) is 4.79 Å². The molecule has 0 unspecified atom stereocenters. The fourth-order valence-electron chi connectivity index (χ4n) is 3.61. The van der Waals surface area contributed by atoms with E-state index in [1.165, 1.54) is 0 Å². The van der Waals surface area contributed by atoms with Gasteiger partial charge in [0.2, 0.25) is 5.91 Å². The van der Waals surface area contributed by atoms with Crippen LogP contribution in [-0.2, 0) is 22.5 Å². The van der Waals surface area contributed by atoms with E-state index >= 15 is 0 Å². The molecule has 1 saturated heterocycles. The van der Waals surface area contributed by atoms with Crippen molar-refractivity contribution in [1.82, 2.24) is 19.8 Å². The predicted octanol–water partition coefficient (Wildman–Crippen LogP) is 2.22. The van der Waals surface area contributed by atoms with Crippen LogP contribution in [0.1, 0.15) is 32.5 Å². The molecule has 0 bridgehead atoms. The van der Waals surface area contributed by atoms with Crippen LogP contribution in [0.15, 0.2) is 24.3 Å². The summed E-state index contributed by atoms with van der Waals surface area (Å²) >= 11 is 0. The van der Waals surface area contributed by atoms with Gasteiger partial charge in [-0.2, -0.15) is 0 Å². The Hall–Kier alpha value is -1.92. The van der Waals surface area contributed by atoms with Crippen LogP contribution in [0.2, 0.25) is 0 Å². The summed E-state index contributed by atoms with van der Waals surface area (Å²) in [6.07, 6.45) is 2.22. The molecule has 142 valence electrons. The van der Waals surface area contributed by atoms with Crippen molar-refractivity contribution in [1.29, 1.82) is 0 Å². The van der Waals surface area contributed by atoms with Gasteiger partial charge in [-0.05, 0) is 32.4 Å². The van der Waals surface area contributed by atoms with Crippen molar-refractivity contribution in [3.63, 3.8) is 0 Å². The molecule has 6 nitrogen and oxygen atoms in total.